The molecule has 0 saturated carbocycles. The van der Waals surface area contributed by atoms with Gasteiger partial charge in [0.15, 0.2) is 0 Å². The van der Waals surface area contributed by atoms with Gasteiger partial charge in [-0.05, 0) is 19.7 Å². The topological polar surface area (TPSA) is 29.3 Å². The van der Waals surface area contributed by atoms with Crippen LogP contribution in [0.1, 0.15) is 5.56 Å². The van der Waals surface area contributed by atoms with Crippen molar-refractivity contribution in [3.8, 4) is 11.3 Å². The highest BCUT2D eigenvalue weighted by molar-refractivity contribution is 5.62. The van der Waals surface area contributed by atoms with E-state index in [-0.39, 0.29) is 0 Å². The fourth-order valence-corrected chi connectivity index (χ4v) is 1.60. The summed E-state index contributed by atoms with van der Waals surface area (Å²) in [5.41, 5.74) is 3.30. The summed E-state index contributed by atoms with van der Waals surface area (Å²) >= 11 is 0. The lowest BCUT2D eigenvalue weighted by Gasteiger charge is -2.12. The van der Waals surface area contributed by atoms with Gasteiger partial charge < -0.3 is 9.42 Å². The summed E-state index contributed by atoms with van der Waals surface area (Å²) in [6, 6.07) is 10.1. The predicted octanol–water partition coefficient (Wildman–Crippen LogP) is 2.40. The third-order valence-electron chi connectivity index (χ3n) is 2.22. The minimum Gasteiger partial charge on any atom is -0.364 e. The lowest BCUT2D eigenvalue weighted by molar-refractivity contribution is 0.402. The average Bonchev–Trinajstić information content (AvgIpc) is 2.70. The second kappa shape index (κ2) is 4.28. The largest absolute Gasteiger partial charge is 0.364 e. The van der Waals surface area contributed by atoms with Crippen LogP contribution in [-0.4, -0.2) is 24.2 Å². The third kappa shape index (κ3) is 2.25. The maximum atomic E-state index is 4.87. The van der Waals surface area contributed by atoms with Gasteiger partial charge in [0.25, 0.3) is 0 Å². The zero-order valence-corrected chi connectivity index (χ0v) is 8.97. The lowest BCUT2D eigenvalue weighted by atomic mass is 10.0. The van der Waals surface area contributed by atoms with E-state index >= 15 is 0 Å². The first-order valence-corrected chi connectivity index (χ1v) is 4.91. The Balaban J connectivity index is 2.38. The van der Waals surface area contributed by atoms with Crippen LogP contribution in [0.4, 0.5) is 0 Å². The van der Waals surface area contributed by atoms with E-state index in [0.29, 0.717) is 0 Å². The van der Waals surface area contributed by atoms with E-state index in [1.807, 2.05) is 18.2 Å². The summed E-state index contributed by atoms with van der Waals surface area (Å²) in [6.45, 7) is 0.906. The van der Waals surface area contributed by atoms with Gasteiger partial charge in [-0.2, -0.15) is 0 Å². The van der Waals surface area contributed by atoms with Crippen molar-refractivity contribution in [1.29, 1.82) is 0 Å². The first kappa shape index (κ1) is 9.93. The quantitative estimate of drug-likeness (QED) is 0.765. The zero-order chi connectivity index (χ0) is 10.7. The Kier molecular flexibility index (Phi) is 2.83. The van der Waals surface area contributed by atoms with Crippen molar-refractivity contribution in [3.05, 3.63) is 42.2 Å². The molecule has 0 atom stereocenters. The molecule has 1 heterocycles. The molecular formula is C12H14N2O. The monoisotopic (exact) mass is 202 g/mol. The predicted molar refractivity (Wildman–Crippen MR) is 59.3 cm³/mol. The van der Waals surface area contributed by atoms with Crippen LogP contribution in [0.2, 0.25) is 0 Å². The first-order chi connectivity index (χ1) is 7.27. The molecule has 0 fully saturated rings. The number of hydrogen-bond donors (Lipinski definition) is 0. The van der Waals surface area contributed by atoms with Crippen molar-refractivity contribution in [2.24, 2.45) is 0 Å². The molecular weight excluding hydrogens is 188 g/mol. The van der Waals surface area contributed by atoms with Gasteiger partial charge in [0, 0.05) is 18.2 Å². The molecule has 0 radical (unpaired) electrons. The molecule has 0 bridgehead atoms. The Labute approximate surface area is 89.3 Å². The van der Waals surface area contributed by atoms with Gasteiger partial charge in [0.2, 0.25) is 0 Å². The van der Waals surface area contributed by atoms with Crippen molar-refractivity contribution >= 4 is 0 Å². The van der Waals surface area contributed by atoms with Gasteiger partial charge in [-0.25, -0.2) is 0 Å². The molecule has 0 unspecified atom stereocenters. The van der Waals surface area contributed by atoms with Crippen molar-refractivity contribution in [1.82, 2.24) is 10.1 Å². The standard InChI is InChI=1S/C12H14N2O/c1-14(2)9-10-5-3-4-6-11(10)12-7-8-15-13-12/h3-8H,9H2,1-2H3. The van der Waals surface area contributed by atoms with Crippen LogP contribution in [0.3, 0.4) is 0 Å². The molecule has 0 aliphatic heterocycles. The van der Waals surface area contributed by atoms with E-state index in [1.54, 1.807) is 6.26 Å². The fourth-order valence-electron chi connectivity index (χ4n) is 1.60. The minimum atomic E-state index is 0.896. The van der Waals surface area contributed by atoms with Crippen LogP contribution in [-0.2, 0) is 6.54 Å². The highest BCUT2D eigenvalue weighted by Gasteiger charge is 2.07. The van der Waals surface area contributed by atoms with E-state index in [0.717, 1.165) is 17.8 Å². The van der Waals surface area contributed by atoms with Crippen LogP contribution in [0.15, 0.2) is 41.1 Å². The summed E-state index contributed by atoms with van der Waals surface area (Å²) < 4.78 is 4.87. The highest BCUT2D eigenvalue weighted by atomic mass is 16.5. The molecule has 0 aliphatic rings. The van der Waals surface area contributed by atoms with E-state index in [4.69, 9.17) is 4.52 Å². The molecule has 2 aromatic rings. The Morgan fingerprint density at radius 3 is 2.67 bits per heavy atom. The molecule has 0 aliphatic carbocycles. The number of hydrogen-bond acceptors (Lipinski definition) is 3. The molecule has 0 N–H and O–H groups in total. The van der Waals surface area contributed by atoms with Crippen LogP contribution in [0, 0.1) is 0 Å². The van der Waals surface area contributed by atoms with Crippen molar-refractivity contribution in [2.45, 2.75) is 6.54 Å². The van der Waals surface area contributed by atoms with Crippen molar-refractivity contribution < 1.29 is 4.52 Å². The average molecular weight is 202 g/mol. The molecule has 1 aromatic heterocycles. The summed E-state index contributed by atoms with van der Waals surface area (Å²) in [6.07, 6.45) is 1.60. The van der Waals surface area contributed by atoms with Crippen molar-refractivity contribution in [2.75, 3.05) is 14.1 Å². The Morgan fingerprint density at radius 2 is 2.00 bits per heavy atom. The summed E-state index contributed by atoms with van der Waals surface area (Å²) in [5, 5.41) is 3.96. The zero-order valence-electron chi connectivity index (χ0n) is 8.97. The van der Waals surface area contributed by atoms with Gasteiger partial charge in [-0.1, -0.05) is 29.4 Å². The molecule has 3 nitrogen and oxygen atoms in total. The molecule has 0 saturated heterocycles. The number of aromatic nitrogens is 1. The maximum absolute atomic E-state index is 4.87. The Morgan fingerprint density at radius 1 is 1.20 bits per heavy atom. The molecule has 2 rings (SSSR count). The minimum absolute atomic E-state index is 0.896. The number of nitrogens with zero attached hydrogens (tertiary/aromatic N) is 2. The highest BCUT2D eigenvalue weighted by Crippen LogP contribution is 2.22. The van der Waals surface area contributed by atoms with Gasteiger partial charge in [-0.3, -0.25) is 0 Å². The van der Waals surface area contributed by atoms with Gasteiger partial charge in [0.1, 0.15) is 12.0 Å². The molecule has 0 spiro atoms. The normalized spacial score (nSPS) is 10.9. The maximum Gasteiger partial charge on any atom is 0.124 e. The molecule has 1 aromatic carbocycles. The van der Waals surface area contributed by atoms with Gasteiger partial charge in [0.05, 0.1) is 0 Å². The van der Waals surface area contributed by atoms with Gasteiger partial charge >= 0.3 is 0 Å². The molecule has 3 heteroatoms. The summed E-state index contributed by atoms with van der Waals surface area (Å²) in [5.74, 6) is 0. The first-order valence-electron chi connectivity index (χ1n) is 4.91. The Bertz CT molecular complexity index is 421. The summed E-state index contributed by atoms with van der Waals surface area (Å²) in [7, 11) is 4.11. The van der Waals surface area contributed by atoms with E-state index in [1.165, 1.54) is 5.56 Å². The SMILES string of the molecule is CN(C)Cc1ccccc1-c1ccon1. The second-order valence-electron chi connectivity index (χ2n) is 3.78. The number of rotatable bonds is 3. The fraction of sp³-hybridized carbons (Fsp3) is 0.250. The Hall–Kier alpha value is -1.61. The van der Waals surface area contributed by atoms with E-state index < -0.39 is 0 Å². The number of benzene rings is 1. The molecule has 0 amide bonds. The molecule has 78 valence electrons. The van der Waals surface area contributed by atoms with Crippen LogP contribution >= 0.6 is 0 Å². The van der Waals surface area contributed by atoms with Gasteiger partial charge in [-0.15, -0.1) is 0 Å². The third-order valence-corrected chi connectivity index (χ3v) is 2.22. The van der Waals surface area contributed by atoms with E-state index in [2.05, 4.69) is 36.3 Å². The van der Waals surface area contributed by atoms with Crippen LogP contribution < -0.4 is 0 Å². The molecule has 15 heavy (non-hydrogen) atoms. The summed E-state index contributed by atoms with van der Waals surface area (Å²) in [4.78, 5) is 2.14. The van der Waals surface area contributed by atoms with Crippen molar-refractivity contribution in [3.63, 3.8) is 0 Å². The van der Waals surface area contributed by atoms with E-state index in [9.17, 15) is 0 Å². The van der Waals surface area contributed by atoms with Crippen LogP contribution in [0.25, 0.3) is 11.3 Å². The second-order valence-corrected chi connectivity index (χ2v) is 3.78. The van der Waals surface area contributed by atoms with Crippen LogP contribution in [0.5, 0.6) is 0 Å². The smallest absolute Gasteiger partial charge is 0.124 e. The lowest BCUT2D eigenvalue weighted by Crippen LogP contribution is -2.11.